The molecule has 0 saturated heterocycles. The number of hydrogen-bond donors (Lipinski definition) is 1. The summed E-state index contributed by atoms with van der Waals surface area (Å²) in [5, 5.41) is 9.01. The Labute approximate surface area is 128 Å². The number of carbonyl (C=O) groups is 1. The van der Waals surface area contributed by atoms with Crippen LogP contribution >= 0.6 is 0 Å². The molecule has 22 heavy (non-hydrogen) atoms. The summed E-state index contributed by atoms with van der Waals surface area (Å²) in [4.78, 5) is 23.3. The van der Waals surface area contributed by atoms with E-state index in [9.17, 15) is 9.59 Å². The van der Waals surface area contributed by atoms with Crippen LogP contribution in [0, 0.1) is 0 Å². The van der Waals surface area contributed by atoms with Gasteiger partial charge in [0, 0.05) is 6.20 Å². The molecule has 5 heteroatoms. The maximum Gasteiger partial charge on any atom is 0.335 e. The molecular formula is C17H19NO4. The Balaban J connectivity index is 2.19. The molecule has 116 valence electrons. The van der Waals surface area contributed by atoms with Gasteiger partial charge >= 0.3 is 5.97 Å². The Morgan fingerprint density at radius 3 is 2.82 bits per heavy atom. The van der Waals surface area contributed by atoms with Gasteiger partial charge in [-0.1, -0.05) is 25.5 Å². The lowest BCUT2D eigenvalue weighted by molar-refractivity contribution is 0.0696. The molecule has 0 amide bonds. The van der Waals surface area contributed by atoms with Crippen LogP contribution in [0.1, 0.15) is 35.7 Å². The highest BCUT2D eigenvalue weighted by atomic mass is 16.5. The fraction of sp³-hybridized carbons (Fsp3) is 0.294. The summed E-state index contributed by atoms with van der Waals surface area (Å²) in [5.41, 5.74) is 0.757. The summed E-state index contributed by atoms with van der Waals surface area (Å²) in [6.45, 7) is 2.89. The van der Waals surface area contributed by atoms with Crippen molar-refractivity contribution in [1.29, 1.82) is 0 Å². The predicted octanol–water partition coefficient (Wildman–Crippen LogP) is 2.77. The van der Waals surface area contributed by atoms with Crippen LogP contribution in [0.15, 0.2) is 47.4 Å². The second-order valence-corrected chi connectivity index (χ2v) is 5.01. The van der Waals surface area contributed by atoms with Crippen LogP contribution in [-0.4, -0.2) is 22.2 Å². The highest BCUT2D eigenvalue weighted by Crippen LogP contribution is 2.09. The minimum atomic E-state index is -0.981. The maximum atomic E-state index is 12.3. The standard InChI is InChI=1S/C17H19NO4/c1-2-3-10-22-15-8-5-9-18(16(15)19)12-13-6-4-7-14(11-13)17(20)21/h4-9,11H,2-3,10,12H2,1H3,(H,20,21). The smallest absolute Gasteiger partial charge is 0.335 e. The van der Waals surface area contributed by atoms with E-state index >= 15 is 0 Å². The average Bonchev–Trinajstić information content (AvgIpc) is 2.51. The van der Waals surface area contributed by atoms with Crippen LogP contribution in [0.3, 0.4) is 0 Å². The number of nitrogens with zero attached hydrogens (tertiary/aromatic N) is 1. The topological polar surface area (TPSA) is 68.5 Å². The highest BCUT2D eigenvalue weighted by Gasteiger charge is 2.07. The summed E-state index contributed by atoms with van der Waals surface area (Å²) in [7, 11) is 0. The molecule has 1 heterocycles. The van der Waals surface area contributed by atoms with Crippen molar-refractivity contribution in [3.63, 3.8) is 0 Å². The van der Waals surface area contributed by atoms with Crippen molar-refractivity contribution >= 4 is 5.97 Å². The maximum absolute atomic E-state index is 12.3. The molecule has 0 bridgehead atoms. The number of benzene rings is 1. The van der Waals surface area contributed by atoms with Crippen LogP contribution < -0.4 is 10.3 Å². The summed E-state index contributed by atoms with van der Waals surface area (Å²) < 4.78 is 7.01. The Kier molecular flexibility index (Phi) is 5.36. The largest absolute Gasteiger partial charge is 0.488 e. The van der Waals surface area contributed by atoms with E-state index in [1.807, 2.05) is 0 Å². The summed E-state index contributed by atoms with van der Waals surface area (Å²) >= 11 is 0. The minimum Gasteiger partial charge on any atom is -0.488 e. The zero-order valence-electron chi connectivity index (χ0n) is 12.5. The van der Waals surface area contributed by atoms with Crippen molar-refractivity contribution in [3.8, 4) is 5.75 Å². The normalized spacial score (nSPS) is 10.4. The lowest BCUT2D eigenvalue weighted by Gasteiger charge is -2.10. The number of unbranched alkanes of at least 4 members (excludes halogenated alkanes) is 1. The van der Waals surface area contributed by atoms with E-state index in [0.29, 0.717) is 18.9 Å². The number of rotatable bonds is 7. The van der Waals surface area contributed by atoms with Gasteiger partial charge in [0.25, 0.3) is 5.56 Å². The van der Waals surface area contributed by atoms with Gasteiger partial charge in [-0.05, 0) is 36.2 Å². The van der Waals surface area contributed by atoms with Crippen LogP contribution in [0.25, 0.3) is 0 Å². The molecule has 0 spiro atoms. The van der Waals surface area contributed by atoms with Crippen molar-refractivity contribution in [2.45, 2.75) is 26.3 Å². The molecule has 0 aliphatic carbocycles. The van der Waals surface area contributed by atoms with Gasteiger partial charge in [0.1, 0.15) is 0 Å². The SMILES string of the molecule is CCCCOc1cccn(Cc2cccc(C(=O)O)c2)c1=O. The van der Waals surface area contributed by atoms with Crippen LogP contribution in [0.5, 0.6) is 5.75 Å². The monoisotopic (exact) mass is 301 g/mol. The molecule has 1 aromatic carbocycles. The molecular weight excluding hydrogens is 282 g/mol. The quantitative estimate of drug-likeness (QED) is 0.798. The molecule has 5 nitrogen and oxygen atoms in total. The first-order valence-electron chi connectivity index (χ1n) is 7.26. The van der Waals surface area contributed by atoms with E-state index in [4.69, 9.17) is 9.84 Å². The van der Waals surface area contributed by atoms with Crippen molar-refractivity contribution in [2.24, 2.45) is 0 Å². The Hall–Kier alpha value is -2.56. The van der Waals surface area contributed by atoms with Gasteiger partial charge in [-0.25, -0.2) is 4.79 Å². The third kappa shape index (κ3) is 3.97. The van der Waals surface area contributed by atoms with Gasteiger partial charge in [-0.2, -0.15) is 0 Å². The second kappa shape index (κ2) is 7.45. The van der Waals surface area contributed by atoms with Crippen molar-refractivity contribution < 1.29 is 14.6 Å². The highest BCUT2D eigenvalue weighted by molar-refractivity contribution is 5.87. The number of aromatic carboxylic acids is 1. The molecule has 0 atom stereocenters. The Morgan fingerprint density at radius 1 is 1.27 bits per heavy atom. The molecule has 1 aromatic heterocycles. The molecule has 1 N–H and O–H groups in total. The van der Waals surface area contributed by atoms with Gasteiger partial charge in [-0.15, -0.1) is 0 Å². The molecule has 2 aromatic rings. The summed E-state index contributed by atoms with van der Waals surface area (Å²) in [5.74, 6) is -0.656. The van der Waals surface area contributed by atoms with Gasteiger partial charge in [0.05, 0.1) is 18.7 Å². The molecule has 0 aliphatic rings. The first-order chi connectivity index (χ1) is 10.6. The first kappa shape index (κ1) is 15.8. The second-order valence-electron chi connectivity index (χ2n) is 5.01. The Bertz CT molecular complexity index is 706. The number of hydrogen-bond acceptors (Lipinski definition) is 3. The van der Waals surface area contributed by atoms with Crippen molar-refractivity contribution in [3.05, 3.63) is 64.1 Å². The predicted molar refractivity (Wildman–Crippen MR) is 83.6 cm³/mol. The minimum absolute atomic E-state index is 0.209. The van der Waals surface area contributed by atoms with E-state index in [2.05, 4.69) is 6.92 Å². The molecule has 0 unspecified atom stereocenters. The lowest BCUT2D eigenvalue weighted by atomic mass is 10.1. The van der Waals surface area contributed by atoms with Gasteiger partial charge in [0.2, 0.25) is 0 Å². The van der Waals surface area contributed by atoms with E-state index in [1.165, 1.54) is 10.6 Å². The summed E-state index contributed by atoms with van der Waals surface area (Å²) in [6.07, 6.45) is 3.57. The molecule has 2 rings (SSSR count). The first-order valence-corrected chi connectivity index (χ1v) is 7.26. The van der Waals surface area contributed by atoms with E-state index < -0.39 is 5.97 Å². The van der Waals surface area contributed by atoms with Gasteiger partial charge < -0.3 is 14.4 Å². The number of ether oxygens (including phenoxy) is 1. The third-order valence-corrected chi connectivity index (χ3v) is 3.27. The third-order valence-electron chi connectivity index (χ3n) is 3.27. The zero-order valence-corrected chi connectivity index (χ0v) is 12.5. The average molecular weight is 301 g/mol. The van der Waals surface area contributed by atoms with Crippen LogP contribution in [0.4, 0.5) is 0 Å². The van der Waals surface area contributed by atoms with Crippen molar-refractivity contribution in [2.75, 3.05) is 6.61 Å². The van der Waals surface area contributed by atoms with Crippen molar-refractivity contribution in [1.82, 2.24) is 4.57 Å². The van der Waals surface area contributed by atoms with Gasteiger partial charge in [0.15, 0.2) is 5.75 Å². The van der Waals surface area contributed by atoms with E-state index in [0.717, 1.165) is 18.4 Å². The fourth-order valence-corrected chi connectivity index (χ4v) is 2.08. The lowest BCUT2D eigenvalue weighted by Crippen LogP contribution is -2.22. The van der Waals surface area contributed by atoms with Crippen LogP contribution in [-0.2, 0) is 6.54 Å². The zero-order chi connectivity index (χ0) is 15.9. The number of aromatic nitrogens is 1. The number of carboxylic acids is 1. The molecule has 0 fully saturated rings. The van der Waals surface area contributed by atoms with Crippen LogP contribution in [0.2, 0.25) is 0 Å². The fourth-order valence-electron chi connectivity index (χ4n) is 2.08. The molecule has 0 radical (unpaired) electrons. The molecule has 0 aliphatic heterocycles. The Morgan fingerprint density at radius 2 is 2.09 bits per heavy atom. The van der Waals surface area contributed by atoms with E-state index in [-0.39, 0.29) is 11.1 Å². The molecule has 0 saturated carbocycles. The van der Waals surface area contributed by atoms with Gasteiger partial charge in [-0.3, -0.25) is 4.79 Å². The van der Waals surface area contributed by atoms with E-state index in [1.54, 1.807) is 36.5 Å². The number of carboxylic acid groups (broad SMARTS) is 1. The number of pyridine rings is 1. The summed E-state index contributed by atoms with van der Waals surface area (Å²) in [6, 6.07) is 9.97.